The molecule has 1 radical (unpaired) electrons. The first kappa shape index (κ1) is 6.96. The summed E-state index contributed by atoms with van der Waals surface area (Å²) < 4.78 is 0. The molecule has 0 aliphatic carbocycles. The van der Waals surface area contributed by atoms with Crippen LogP contribution < -0.4 is 0 Å². The van der Waals surface area contributed by atoms with E-state index in [4.69, 9.17) is 0 Å². The Bertz CT molecular complexity index is 41.4. The van der Waals surface area contributed by atoms with Crippen LogP contribution in [0.2, 0.25) is 12.1 Å². The average Bonchev–Trinajstić information content (AvgIpc) is 1.69. The van der Waals surface area contributed by atoms with E-state index in [2.05, 4.69) is 13.5 Å². The molecule has 0 amide bonds. The Hall–Kier alpha value is -0.0431. The molecule has 0 fully saturated rings. The summed E-state index contributed by atoms with van der Waals surface area (Å²) in [5.74, 6) is 0. The van der Waals surface area contributed by atoms with E-state index in [0.29, 0.717) is 0 Å². The van der Waals surface area contributed by atoms with Crippen LogP contribution in [-0.2, 0) is 0 Å². The second kappa shape index (κ2) is 5.96. The molecule has 0 aromatic carbocycles. The molecule has 41 valence electrons. The highest BCUT2D eigenvalue weighted by Crippen LogP contribution is 1.88. The molecule has 0 aromatic heterocycles. The first-order chi connectivity index (χ1) is 3.41. The van der Waals surface area contributed by atoms with Crippen molar-refractivity contribution in [1.29, 1.82) is 0 Å². The lowest BCUT2D eigenvalue weighted by Gasteiger charge is -1.86. The second-order valence-corrected chi connectivity index (χ2v) is 3.63. The maximum Gasteiger partial charge on any atom is 0.0239 e. The Morgan fingerprint density at radius 3 is 2.71 bits per heavy atom. The Kier molecular flexibility index (Phi) is 5.92. The van der Waals surface area contributed by atoms with Gasteiger partial charge in [0.1, 0.15) is 0 Å². The van der Waals surface area contributed by atoms with Crippen LogP contribution in [0.15, 0.2) is 12.7 Å². The summed E-state index contributed by atoms with van der Waals surface area (Å²) >= 11 is 0. The van der Waals surface area contributed by atoms with Crippen LogP contribution >= 0.6 is 0 Å². The molecule has 0 saturated heterocycles. The predicted molar refractivity (Wildman–Crippen MR) is 38.3 cm³/mol. The molecule has 0 aliphatic rings. The molecule has 1 heteroatoms. The fraction of sp³-hybridized carbons (Fsp3) is 0.500. The first-order valence-corrected chi connectivity index (χ1v) is 4.82. The standard InChI is InChI=1S/C6H13Si/c1-3-5-7-6-4-2/h3H,1-2,4-7H2. The highest BCUT2D eigenvalue weighted by molar-refractivity contribution is 6.36. The van der Waals surface area contributed by atoms with Crippen LogP contribution in [0.3, 0.4) is 0 Å². The normalized spacial score (nSPS) is 10.4. The summed E-state index contributed by atoms with van der Waals surface area (Å²) in [5, 5.41) is 0. The molecule has 0 atom stereocenters. The lowest BCUT2D eigenvalue weighted by atomic mass is 10.6. The molecule has 0 saturated carbocycles. The summed E-state index contributed by atoms with van der Waals surface area (Å²) in [4.78, 5) is 0. The molecule has 0 aliphatic heterocycles. The van der Waals surface area contributed by atoms with Crippen molar-refractivity contribution in [2.75, 3.05) is 0 Å². The number of hydrogen-bond donors (Lipinski definition) is 0. The van der Waals surface area contributed by atoms with E-state index in [-0.39, 0.29) is 9.52 Å². The third kappa shape index (κ3) is 5.96. The molecule has 0 nitrogen and oxygen atoms in total. The van der Waals surface area contributed by atoms with Gasteiger partial charge in [-0.05, 0) is 6.04 Å². The van der Waals surface area contributed by atoms with Crippen molar-refractivity contribution in [2.24, 2.45) is 0 Å². The molecule has 0 rings (SSSR count). The minimum Gasteiger partial charge on any atom is -0.103 e. The summed E-state index contributed by atoms with van der Waals surface area (Å²) in [5.41, 5.74) is 0. The minimum atomic E-state index is 0.231. The van der Waals surface area contributed by atoms with Crippen LogP contribution in [0.1, 0.15) is 6.42 Å². The molecular weight excluding hydrogens is 100 g/mol. The van der Waals surface area contributed by atoms with E-state index in [1.54, 1.807) is 0 Å². The van der Waals surface area contributed by atoms with E-state index >= 15 is 0 Å². The summed E-state index contributed by atoms with van der Waals surface area (Å²) in [6, 6.07) is 2.67. The lowest BCUT2D eigenvalue weighted by molar-refractivity contribution is 1.20. The Morgan fingerprint density at radius 1 is 1.57 bits per heavy atom. The van der Waals surface area contributed by atoms with Crippen molar-refractivity contribution in [2.45, 2.75) is 18.5 Å². The van der Waals surface area contributed by atoms with E-state index in [1.165, 1.54) is 12.1 Å². The van der Waals surface area contributed by atoms with E-state index < -0.39 is 0 Å². The Morgan fingerprint density at radius 2 is 2.29 bits per heavy atom. The van der Waals surface area contributed by atoms with Gasteiger partial charge in [-0.2, -0.15) is 0 Å². The van der Waals surface area contributed by atoms with Crippen molar-refractivity contribution >= 4 is 9.52 Å². The quantitative estimate of drug-likeness (QED) is 0.294. The summed E-state index contributed by atoms with van der Waals surface area (Å²) in [7, 11) is 0.231. The van der Waals surface area contributed by atoms with Crippen LogP contribution in [0.25, 0.3) is 0 Å². The molecule has 0 aromatic rings. The van der Waals surface area contributed by atoms with Gasteiger partial charge in [0.15, 0.2) is 0 Å². The van der Waals surface area contributed by atoms with Crippen LogP contribution in [0.4, 0.5) is 0 Å². The zero-order valence-corrected chi connectivity index (χ0v) is 6.23. The van der Waals surface area contributed by atoms with E-state index in [9.17, 15) is 0 Å². The molecule has 0 unspecified atom stereocenters. The second-order valence-electron chi connectivity index (χ2n) is 1.64. The first-order valence-electron chi connectivity index (χ1n) is 2.82. The fourth-order valence-electron chi connectivity index (χ4n) is 0.465. The van der Waals surface area contributed by atoms with Crippen molar-refractivity contribution in [3.8, 4) is 0 Å². The zero-order chi connectivity index (χ0) is 5.54. The molecule has 0 spiro atoms. The zero-order valence-electron chi connectivity index (χ0n) is 4.82. The van der Waals surface area contributed by atoms with Crippen LogP contribution in [0.5, 0.6) is 0 Å². The Labute approximate surface area is 48.4 Å². The monoisotopic (exact) mass is 113 g/mol. The fourth-order valence-corrected chi connectivity index (χ4v) is 1.40. The van der Waals surface area contributed by atoms with Crippen LogP contribution in [-0.4, -0.2) is 9.52 Å². The van der Waals surface area contributed by atoms with E-state index in [0.717, 1.165) is 6.42 Å². The van der Waals surface area contributed by atoms with Gasteiger partial charge in [-0.3, -0.25) is 0 Å². The largest absolute Gasteiger partial charge is 0.103 e. The van der Waals surface area contributed by atoms with Crippen molar-refractivity contribution < 1.29 is 0 Å². The molecule has 0 bridgehead atoms. The van der Waals surface area contributed by atoms with Gasteiger partial charge in [-0.25, -0.2) is 0 Å². The predicted octanol–water partition coefficient (Wildman–Crippen LogP) is 1.40. The molecule has 0 N–H and O–H groups in total. The third-order valence-corrected chi connectivity index (χ3v) is 2.72. The van der Waals surface area contributed by atoms with Crippen molar-refractivity contribution in [3.63, 3.8) is 0 Å². The molecule has 0 heterocycles. The van der Waals surface area contributed by atoms with Gasteiger partial charge in [0.2, 0.25) is 0 Å². The molecule has 7 heavy (non-hydrogen) atoms. The number of rotatable bonds is 4. The van der Waals surface area contributed by atoms with Gasteiger partial charge in [-0.1, -0.05) is 25.5 Å². The smallest absolute Gasteiger partial charge is 0.0239 e. The van der Waals surface area contributed by atoms with Crippen LogP contribution in [0, 0.1) is 6.92 Å². The van der Waals surface area contributed by atoms with Gasteiger partial charge < -0.3 is 0 Å². The van der Waals surface area contributed by atoms with Gasteiger partial charge in [0.25, 0.3) is 0 Å². The topological polar surface area (TPSA) is 0 Å². The Balaban J connectivity index is 2.56. The van der Waals surface area contributed by atoms with E-state index in [1.807, 2.05) is 6.08 Å². The van der Waals surface area contributed by atoms with Gasteiger partial charge in [0, 0.05) is 9.52 Å². The average molecular weight is 113 g/mol. The maximum absolute atomic E-state index is 3.76. The summed E-state index contributed by atoms with van der Waals surface area (Å²) in [6.07, 6.45) is 3.14. The van der Waals surface area contributed by atoms with Gasteiger partial charge in [-0.15, -0.1) is 6.58 Å². The number of allylic oxidation sites excluding steroid dienone is 1. The van der Waals surface area contributed by atoms with Gasteiger partial charge >= 0.3 is 0 Å². The minimum absolute atomic E-state index is 0.231. The maximum atomic E-state index is 3.76. The SMILES string of the molecule is [CH2]CC[SiH2]CC=C. The number of hydrogen-bond acceptors (Lipinski definition) is 0. The third-order valence-electron chi connectivity index (χ3n) is 0.908. The summed E-state index contributed by atoms with van der Waals surface area (Å²) in [6.45, 7) is 7.40. The molecular formula is C6H13Si. The van der Waals surface area contributed by atoms with Crippen molar-refractivity contribution in [3.05, 3.63) is 19.6 Å². The highest BCUT2D eigenvalue weighted by Gasteiger charge is 1.79. The van der Waals surface area contributed by atoms with Crippen molar-refractivity contribution in [1.82, 2.24) is 0 Å². The van der Waals surface area contributed by atoms with Gasteiger partial charge in [0.05, 0.1) is 0 Å². The lowest BCUT2D eigenvalue weighted by Crippen LogP contribution is -1.82. The highest BCUT2D eigenvalue weighted by atomic mass is 28.2.